The molecule has 3 N–H and O–H groups in total. The van der Waals surface area contributed by atoms with E-state index in [2.05, 4.69) is 20.0 Å². The average molecular weight is 544 g/mol. The molecule has 0 bridgehead atoms. The van der Waals surface area contributed by atoms with Crippen molar-refractivity contribution in [2.75, 3.05) is 25.0 Å². The van der Waals surface area contributed by atoms with Crippen molar-refractivity contribution in [3.8, 4) is 0 Å². The molecule has 204 valence electrons. The SMILES string of the molecule is CCOC(=O)O[C@@H]1CCCCN1C(=O)[C@H](CCCNc1ncc[nH]1)NS(=O)(=O)c1ccc2ccccc2c1. The molecule has 0 saturated carbocycles. The van der Waals surface area contributed by atoms with Gasteiger partial charge in [0.05, 0.1) is 11.5 Å². The van der Waals surface area contributed by atoms with Gasteiger partial charge >= 0.3 is 6.16 Å². The third-order valence-electron chi connectivity index (χ3n) is 6.31. The van der Waals surface area contributed by atoms with Gasteiger partial charge in [0.2, 0.25) is 15.9 Å². The van der Waals surface area contributed by atoms with Crippen LogP contribution >= 0.6 is 0 Å². The monoisotopic (exact) mass is 543 g/mol. The number of nitrogens with zero attached hydrogens (tertiary/aromatic N) is 2. The van der Waals surface area contributed by atoms with E-state index in [1.54, 1.807) is 31.5 Å². The maximum atomic E-state index is 13.7. The van der Waals surface area contributed by atoms with Crippen LogP contribution in [0.25, 0.3) is 10.8 Å². The number of benzene rings is 2. The van der Waals surface area contributed by atoms with E-state index >= 15 is 0 Å². The van der Waals surface area contributed by atoms with Gasteiger partial charge in [-0.1, -0.05) is 30.3 Å². The summed E-state index contributed by atoms with van der Waals surface area (Å²) in [6, 6.07) is 11.2. The average Bonchev–Trinajstić information content (AvgIpc) is 3.44. The van der Waals surface area contributed by atoms with E-state index in [0.717, 1.165) is 23.6 Å². The van der Waals surface area contributed by atoms with E-state index < -0.39 is 34.4 Å². The number of amides is 1. The van der Waals surface area contributed by atoms with Crippen molar-refractivity contribution in [1.29, 1.82) is 0 Å². The van der Waals surface area contributed by atoms with Crippen LogP contribution in [0.3, 0.4) is 0 Å². The summed E-state index contributed by atoms with van der Waals surface area (Å²) >= 11 is 0. The minimum atomic E-state index is -4.03. The summed E-state index contributed by atoms with van der Waals surface area (Å²) < 4.78 is 39.8. The van der Waals surface area contributed by atoms with Crippen molar-refractivity contribution < 1.29 is 27.5 Å². The molecule has 1 fully saturated rings. The topological polar surface area (TPSA) is 143 Å². The van der Waals surface area contributed by atoms with Crippen LogP contribution in [-0.2, 0) is 24.3 Å². The Hall–Kier alpha value is -3.64. The molecule has 1 amide bonds. The quantitative estimate of drug-likeness (QED) is 0.246. The molecule has 12 heteroatoms. The van der Waals surface area contributed by atoms with Gasteiger partial charge in [-0.2, -0.15) is 4.72 Å². The lowest BCUT2D eigenvalue weighted by molar-refractivity contribution is -0.148. The predicted octanol–water partition coefficient (Wildman–Crippen LogP) is 3.61. The molecule has 11 nitrogen and oxygen atoms in total. The van der Waals surface area contributed by atoms with Crippen LogP contribution < -0.4 is 10.0 Å². The van der Waals surface area contributed by atoms with Crippen LogP contribution in [0.2, 0.25) is 0 Å². The molecule has 0 unspecified atom stereocenters. The van der Waals surface area contributed by atoms with Crippen molar-refractivity contribution in [2.24, 2.45) is 0 Å². The number of H-pyrrole nitrogens is 1. The molecular weight excluding hydrogens is 510 g/mol. The highest BCUT2D eigenvalue weighted by atomic mass is 32.2. The van der Waals surface area contributed by atoms with Crippen LogP contribution in [0.5, 0.6) is 0 Å². The Morgan fingerprint density at radius 2 is 2.00 bits per heavy atom. The van der Waals surface area contributed by atoms with Crippen LogP contribution in [0.4, 0.5) is 10.7 Å². The summed E-state index contributed by atoms with van der Waals surface area (Å²) in [7, 11) is -4.03. The highest BCUT2D eigenvalue weighted by Crippen LogP contribution is 2.23. The number of likely N-dealkylation sites (tertiary alicyclic amines) is 1. The lowest BCUT2D eigenvalue weighted by atomic mass is 10.1. The Morgan fingerprint density at radius 1 is 1.18 bits per heavy atom. The fraction of sp³-hybridized carbons (Fsp3) is 0.423. The van der Waals surface area contributed by atoms with Gasteiger partial charge in [0, 0.05) is 31.9 Å². The Balaban J connectivity index is 1.52. The molecular formula is C26H33N5O6S. The largest absolute Gasteiger partial charge is 0.510 e. The number of sulfonamides is 1. The van der Waals surface area contributed by atoms with Crippen LogP contribution in [0, 0.1) is 0 Å². The maximum absolute atomic E-state index is 13.7. The van der Waals surface area contributed by atoms with E-state index in [9.17, 15) is 18.0 Å². The number of rotatable bonds is 11. The fourth-order valence-corrected chi connectivity index (χ4v) is 5.69. The highest BCUT2D eigenvalue weighted by molar-refractivity contribution is 7.89. The lowest BCUT2D eigenvalue weighted by Gasteiger charge is -2.36. The summed E-state index contributed by atoms with van der Waals surface area (Å²) in [4.78, 5) is 34.3. The molecule has 1 aliphatic heterocycles. The highest BCUT2D eigenvalue weighted by Gasteiger charge is 2.36. The van der Waals surface area contributed by atoms with E-state index in [1.165, 1.54) is 11.0 Å². The zero-order valence-electron chi connectivity index (χ0n) is 21.3. The predicted molar refractivity (Wildman–Crippen MR) is 142 cm³/mol. The van der Waals surface area contributed by atoms with E-state index in [4.69, 9.17) is 9.47 Å². The normalized spacial score (nSPS) is 16.7. The smallest absolute Gasteiger partial charge is 0.435 e. The van der Waals surface area contributed by atoms with Gasteiger partial charge in [-0.3, -0.25) is 4.79 Å². The number of aromatic amines is 1. The first kappa shape index (κ1) is 27.4. The third-order valence-corrected chi connectivity index (χ3v) is 7.78. The third kappa shape index (κ3) is 7.01. The summed E-state index contributed by atoms with van der Waals surface area (Å²) in [5.41, 5.74) is 0. The number of hydrogen-bond acceptors (Lipinski definition) is 8. The second kappa shape index (κ2) is 12.7. The minimum absolute atomic E-state index is 0.0701. The number of fused-ring (bicyclic) bond motifs is 1. The summed E-state index contributed by atoms with van der Waals surface area (Å²) in [5.74, 6) is 0.143. The fourth-order valence-electron chi connectivity index (χ4n) is 4.44. The number of nitrogens with one attached hydrogen (secondary N) is 3. The first-order valence-corrected chi connectivity index (χ1v) is 14.2. The summed E-state index contributed by atoms with van der Waals surface area (Å²) in [6.07, 6.45) is 4.29. The molecule has 1 aliphatic rings. The van der Waals surface area contributed by atoms with Crippen molar-refractivity contribution in [3.63, 3.8) is 0 Å². The second-order valence-corrected chi connectivity index (χ2v) is 10.7. The number of hydrogen-bond donors (Lipinski definition) is 3. The Bertz CT molecular complexity index is 1330. The van der Waals surface area contributed by atoms with Gasteiger partial charge in [0.25, 0.3) is 0 Å². The molecule has 1 aromatic heterocycles. The van der Waals surface area contributed by atoms with Gasteiger partial charge in [0.1, 0.15) is 6.04 Å². The van der Waals surface area contributed by atoms with Crippen molar-refractivity contribution in [2.45, 2.75) is 56.2 Å². The van der Waals surface area contributed by atoms with Gasteiger partial charge in [-0.15, -0.1) is 0 Å². The maximum Gasteiger partial charge on any atom is 0.510 e. The molecule has 3 aromatic rings. The first-order chi connectivity index (χ1) is 18.4. The molecule has 0 spiro atoms. The molecule has 0 radical (unpaired) electrons. The molecule has 0 aliphatic carbocycles. The van der Waals surface area contributed by atoms with Crippen molar-refractivity contribution >= 4 is 38.8 Å². The van der Waals surface area contributed by atoms with Gasteiger partial charge < -0.3 is 24.7 Å². The Kier molecular flexibility index (Phi) is 9.19. The van der Waals surface area contributed by atoms with E-state index in [1.807, 2.05) is 24.3 Å². The zero-order valence-corrected chi connectivity index (χ0v) is 22.1. The number of imidazole rings is 1. The van der Waals surface area contributed by atoms with Crippen LogP contribution in [-0.4, -0.2) is 67.3 Å². The molecule has 38 heavy (non-hydrogen) atoms. The second-order valence-electron chi connectivity index (χ2n) is 8.97. The molecule has 4 rings (SSSR count). The Labute approximate surface area is 222 Å². The Morgan fingerprint density at radius 3 is 2.76 bits per heavy atom. The van der Waals surface area contributed by atoms with Crippen LogP contribution in [0.15, 0.2) is 59.8 Å². The summed E-state index contributed by atoms with van der Waals surface area (Å²) in [5, 5.41) is 4.80. The molecule has 2 heterocycles. The number of piperidine rings is 1. The standard InChI is InChI=1S/C26H33N5O6S/c1-2-36-26(33)37-23-11-5-6-17-31(23)24(32)22(10-7-14-27-25-28-15-16-29-25)30-38(34,35)21-13-12-19-8-3-4-9-20(19)18-21/h3-4,8-9,12-13,15-16,18,22-23,30H,2,5-7,10-11,14,17H2,1H3,(H2,27,28,29)/t22-,23+/m0/s1. The molecule has 2 aromatic carbocycles. The number of ether oxygens (including phenoxy) is 2. The van der Waals surface area contributed by atoms with Gasteiger partial charge in [0.15, 0.2) is 12.2 Å². The van der Waals surface area contributed by atoms with E-state index in [0.29, 0.717) is 31.9 Å². The number of carbonyl (C=O) groups is 2. The first-order valence-electron chi connectivity index (χ1n) is 12.8. The van der Waals surface area contributed by atoms with E-state index in [-0.39, 0.29) is 17.9 Å². The number of carbonyl (C=O) groups excluding carboxylic acids is 2. The van der Waals surface area contributed by atoms with Crippen molar-refractivity contribution in [1.82, 2.24) is 19.6 Å². The number of anilines is 1. The lowest BCUT2D eigenvalue weighted by Crippen LogP contribution is -2.54. The van der Waals surface area contributed by atoms with Gasteiger partial charge in [-0.25, -0.2) is 18.2 Å². The minimum Gasteiger partial charge on any atom is -0.435 e. The molecule has 1 saturated heterocycles. The summed E-state index contributed by atoms with van der Waals surface area (Å²) in [6.45, 7) is 2.63. The van der Waals surface area contributed by atoms with Gasteiger partial charge in [-0.05, 0) is 55.5 Å². The number of aromatic nitrogens is 2. The van der Waals surface area contributed by atoms with Crippen LogP contribution in [0.1, 0.15) is 39.0 Å². The molecule has 2 atom stereocenters. The van der Waals surface area contributed by atoms with Crippen molar-refractivity contribution in [3.05, 3.63) is 54.9 Å². The zero-order chi connectivity index (χ0) is 27.0.